The summed E-state index contributed by atoms with van der Waals surface area (Å²) in [6, 6.07) is 11.8. The van der Waals surface area contributed by atoms with Gasteiger partial charge >= 0.3 is 0 Å². The maximum Gasteiger partial charge on any atom is 0.261 e. The first-order valence-electron chi connectivity index (χ1n) is 7.81. The molecule has 134 valence electrons. The lowest BCUT2D eigenvalue weighted by Crippen LogP contribution is -2.34. The third-order valence-electron chi connectivity index (χ3n) is 3.82. The molecule has 2 aromatic rings. The zero-order valence-corrected chi connectivity index (χ0v) is 14.4. The van der Waals surface area contributed by atoms with Crippen LogP contribution in [0.5, 0.6) is 0 Å². The monoisotopic (exact) mass is 374 g/mol. The average molecular weight is 374 g/mol. The van der Waals surface area contributed by atoms with Crippen LogP contribution in [-0.4, -0.2) is 44.9 Å². The van der Waals surface area contributed by atoms with Crippen molar-refractivity contribution in [2.75, 3.05) is 23.4 Å². The van der Waals surface area contributed by atoms with E-state index in [-0.39, 0.29) is 23.7 Å². The molecule has 3 amide bonds. The number of halogens is 1. The van der Waals surface area contributed by atoms with E-state index in [4.69, 9.17) is 0 Å². The van der Waals surface area contributed by atoms with Gasteiger partial charge in [-0.1, -0.05) is 18.2 Å². The van der Waals surface area contributed by atoms with Crippen molar-refractivity contribution in [2.24, 2.45) is 0 Å². The first kappa shape index (κ1) is 17.9. The number of amides is 3. The fourth-order valence-electron chi connectivity index (χ4n) is 2.62. The Bertz CT molecular complexity index is 881. The largest absolute Gasteiger partial charge is 0.325 e. The topological polar surface area (TPSA) is 83.6 Å². The molecule has 6 nitrogen and oxygen atoms in total. The number of carbonyl (C=O) groups is 3. The number of nitrogens with zero attached hydrogens (tertiary/aromatic N) is 1. The van der Waals surface area contributed by atoms with Crippen molar-refractivity contribution >= 4 is 34.2 Å². The van der Waals surface area contributed by atoms with Crippen molar-refractivity contribution in [3.63, 3.8) is 0 Å². The van der Waals surface area contributed by atoms with Gasteiger partial charge < -0.3 is 5.32 Å². The summed E-state index contributed by atoms with van der Waals surface area (Å²) in [6.07, 6.45) is 0. The smallest absolute Gasteiger partial charge is 0.261 e. The van der Waals surface area contributed by atoms with Gasteiger partial charge in [-0.2, -0.15) is 0 Å². The van der Waals surface area contributed by atoms with E-state index in [2.05, 4.69) is 5.32 Å². The summed E-state index contributed by atoms with van der Waals surface area (Å²) in [5.41, 5.74) is 0.923. The number of nitrogens with one attached hydrogen (secondary N) is 1. The maximum absolute atomic E-state index is 13.1. The summed E-state index contributed by atoms with van der Waals surface area (Å²) in [7, 11) is -1.57. The van der Waals surface area contributed by atoms with Crippen molar-refractivity contribution < 1.29 is 23.0 Å². The molecule has 1 aliphatic heterocycles. The molecule has 1 atom stereocenters. The van der Waals surface area contributed by atoms with Gasteiger partial charge in [-0.3, -0.25) is 23.5 Å². The van der Waals surface area contributed by atoms with Gasteiger partial charge in [-0.25, -0.2) is 4.39 Å². The Balaban J connectivity index is 1.52. The molecule has 26 heavy (non-hydrogen) atoms. The Morgan fingerprint density at radius 2 is 1.69 bits per heavy atom. The van der Waals surface area contributed by atoms with E-state index in [9.17, 15) is 23.0 Å². The van der Waals surface area contributed by atoms with Crippen LogP contribution in [0.1, 0.15) is 20.7 Å². The molecule has 0 spiro atoms. The summed E-state index contributed by atoms with van der Waals surface area (Å²) in [5.74, 6) is -2.19. The summed E-state index contributed by atoms with van der Waals surface area (Å²) in [4.78, 5) is 37.3. The van der Waals surface area contributed by atoms with Gasteiger partial charge in [-0.15, -0.1) is 0 Å². The van der Waals surface area contributed by atoms with Crippen molar-refractivity contribution in [1.29, 1.82) is 0 Å². The molecule has 0 saturated heterocycles. The molecule has 0 radical (unpaired) electrons. The molecule has 1 N–H and O–H groups in total. The van der Waals surface area contributed by atoms with E-state index in [1.54, 1.807) is 24.3 Å². The summed E-state index contributed by atoms with van der Waals surface area (Å²) in [5, 5.41) is 2.45. The normalized spacial score (nSPS) is 14.3. The van der Waals surface area contributed by atoms with Gasteiger partial charge in [0.05, 0.1) is 11.1 Å². The minimum Gasteiger partial charge on any atom is -0.325 e. The second-order valence-electron chi connectivity index (χ2n) is 5.65. The van der Waals surface area contributed by atoms with Crippen LogP contribution in [0, 0.1) is 5.82 Å². The van der Waals surface area contributed by atoms with Gasteiger partial charge in [0.1, 0.15) is 11.6 Å². The lowest BCUT2D eigenvalue weighted by atomic mass is 10.1. The maximum atomic E-state index is 13.1. The number of benzene rings is 2. The lowest BCUT2D eigenvalue weighted by molar-refractivity contribution is -0.113. The Morgan fingerprint density at radius 1 is 1.04 bits per heavy atom. The van der Waals surface area contributed by atoms with Crippen LogP contribution in [0.3, 0.4) is 0 Å². The second-order valence-corrected chi connectivity index (χ2v) is 7.23. The third-order valence-corrected chi connectivity index (χ3v) is 5.04. The molecule has 1 heterocycles. The van der Waals surface area contributed by atoms with Crippen molar-refractivity contribution in [3.8, 4) is 0 Å². The highest BCUT2D eigenvalue weighted by atomic mass is 32.2. The highest BCUT2D eigenvalue weighted by Gasteiger charge is 2.34. The molecule has 0 aromatic heterocycles. The molecule has 1 unspecified atom stereocenters. The fraction of sp³-hybridized carbons (Fsp3) is 0.167. The highest BCUT2D eigenvalue weighted by Crippen LogP contribution is 2.22. The molecule has 0 saturated carbocycles. The zero-order valence-electron chi connectivity index (χ0n) is 13.6. The predicted molar refractivity (Wildman–Crippen MR) is 94.7 cm³/mol. The van der Waals surface area contributed by atoms with E-state index >= 15 is 0 Å². The first-order valence-corrected chi connectivity index (χ1v) is 9.30. The molecule has 0 aliphatic carbocycles. The Labute approximate surface area is 151 Å². The van der Waals surface area contributed by atoms with Crippen LogP contribution in [0.4, 0.5) is 10.1 Å². The quantitative estimate of drug-likeness (QED) is 0.782. The standard InChI is InChI=1S/C18H15FN2O4S/c19-12-4-3-5-13(10-12)20-16(22)11-26(25)9-8-21-17(23)14-6-1-2-7-15(14)18(21)24/h1-7,10H,8-9,11H2,(H,20,22). The number of hydrogen-bond acceptors (Lipinski definition) is 4. The van der Waals surface area contributed by atoms with Gasteiger partial charge in [0.2, 0.25) is 5.91 Å². The third kappa shape index (κ3) is 3.85. The minimum atomic E-state index is -1.57. The zero-order chi connectivity index (χ0) is 18.7. The fourth-order valence-corrected chi connectivity index (χ4v) is 3.51. The number of hydrogen-bond donors (Lipinski definition) is 1. The second kappa shape index (κ2) is 7.57. The summed E-state index contributed by atoms with van der Waals surface area (Å²) >= 11 is 0. The molecule has 1 aliphatic rings. The van der Waals surface area contributed by atoms with Crippen LogP contribution in [-0.2, 0) is 15.6 Å². The Morgan fingerprint density at radius 3 is 2.31 bits per heavy atom. The molecule has 2 aromatic carbocycles. The van der Waals surface area contributed by atoms with E-state index in [0.717, 1.165) is 11.0 Å². The number of fused-ring (bicyclic) bond motifs is 1. The molecule has 0 fully saturated rings. The summed E-state index contributed by atoms with van der Waals surface area (Å²) < 4.78 is 25.2. The molecular formula is C18H15FN2O4S. The van der Waals surface area contributed by atoms with Crippen LogP contribution in [0.2, 0.25) is 0 Å². The van der Waals surface area contributed by atoms with Crippen LogP contribution < -0.4 is 5.32 Å². The SMILES string of the molecule is O=C(CS(=O)CCN1C(=O)c2ccccc2C1=O)Nc1cccc(F)c1. The van der Waals surface area contributed by atoms with Gasteiger partial charge in [0, 0.05) is 28.8 Å². The van der Waals surface area contributed by atoms with Gasteiger partial charge in [0.15, 0.2) is 0 Å². The van der Waals surface area contributed by atoms with Crippen molar-refractivity contribution in [2.45, 2.75) is 0 Å². The average Bonchev–Trinajstić information content (AvgIpc) is 2.84. The van der Waals surface area contributed by atoms with Crippen LogP contribution in [0.25, 0.3) is 0 Å². The van der Waals surface area contributed by atoms with E-state index in [0.29, 0.717) is 11.1 Å². The molecule has 8 heteroatoms. The lowest BCUT2D eigenvalue weighted by Gasteiger charge is -2.13. The van der Waals surface area contributed by atoms with Crippen molar-refractivity contribution in [1.82, 2.24) is 4.90 Å². The highest BCUT2D eigenvalue weighted by molar-refractivity contribution is 7.85. The van der Waals surface area contributed by atoms with E-state index < -0.39 is 34.3 Å². The van der Waals surface area contributed by atoms with Gasteiger partial charge in [-0.05, 0) is 30.3 Å². The first-order chi connectivity index (χ1) is 12.5. The van der Waals surface area contributed by atoms with Crippen molar-refractivity contribution in [3.05, 3.63) is 65.5 Å². The number of carbonyl (C=O) groups excluding carboxylic acids is 3. The molecule has 3 rings (SSSR count). The molecule has 0 bridgehead atoms. The number of anilines is 1. The predicted octanol–water partition coefficient (Wildman–Crippen LogP) is 1.81. The Kier molecular flexibility index (Phi) is 5.22. The Hall–Kier alpha value is -2.87. The number of imide groups is 1. The van der Waals surface area contributed by atoms with E-state index in [1.165, 1.54) is 18.2 Å². The minimum absolute atomic E-state index is 0.0119. The van der Waals surface area contributed by atoms with E-state index in [1.807, 2.05) is 0 Å². The van der Waals surface area contributed by atoms with Gasteiger partial charge in [0.25, 0.3) is 11.8 Å². The summed E-state index contributed by atoms with van der Waals surface area (Å²) in [6.45, 7) is -0.0355. The number of rotatable bonds is 6. The van der Waals surface area contributed by atoms with Crippen LogP contribution >= 0.6 is 0 Å². The van der Waals surface area contributed by atoms with Crippen LogP contribution in [0.15, 0.2) is 48.5 Å². The molecular weight excluding hydrogens is 359 g/mol.